The molecule has 0 aromatic carbocycles. The highest BCUT2D eigenvalue weighted by atomic mass is 32.2. The van der Waals surface area contributed by atoms with Crippen molar-refractivity contribution in [2.75, 3.05) is 18.1 Å². The fourth-order valence-corrected chi connectivity index (χ4v) is 2.54. The molecule has 0 rings (SSSR count). The second-order valence-corrected chi connectivity index (χ2v) is 6.33. The van der Waals surface area contributed by atoms with Crippen molar-refractivity contribution in [3.8, 4) is 0 Å². The van der Waals surface area contributed by atoms with Crippen molar-refractivity contribution in [2.45, 2.75) is 46.3 Å². The highest BCUT2D eigenvalue weighted by Crippen LogP contribution is 2.01. The van der Waals surface area contributed by atoms with Crippen LogP contribution in [0.5, 0.6) is 0 Å². The molecule has 0 aliphatic heterocycles. The average molecular weight is 235 g/mol. The zero-order valence-corrected chi connectivity index (χ0v) is 11.1. The van der Waals surface area contributed by atoms with Gasteiger partial charge in [-0.25, -0.2) is 0 Å². The highest BCUT2D eigenvalue weighted by molar-refractivity contribution is 7.85. The van der Waals surface area contributed by atoms with Crippen LogP contribution in [0.1, 0.15) is 34.1 Å². The number of aliphatic hydroxyl groups excluding tert-OH is 1. The first-order valence-corrected chi connectivity index (χ1v) is 7.17. The molecule has 0 amide bonds. The fraction of sp³-hybridized carbons (Fsp3) is 1.00. The molecule has 0 radical (unpaired) electrons. The van der Waals surface area contributed by atoms with E-state index in [1.165, 1.54) is 0 Å². The molecule has 0 bridgehead atoms. The van der Waals surface area contributed by atoms with Crippen molar-refractivity contribution in [1.82, 2.24) is 5.32 Å². The van der Waals surface area contributed by atoms with Crippen LogP contribution < -0.4 is 5.32 Å². The summed E-state index contributed by atoms with van der Waals surface area (Å²) >= 11 is 0. The molecule has 3 nitrogen and oxygen atoms in total. The standard InChI is InChI=1S/C11H25NO2S/c1-9(2)5-6-15(14)8-11(13)7-12-10(3)4/h9-13H,5-8H2,1-4H3. The Hall–Kier alpha value is 0.0700. The van der Waals surface area contributed by atoms with E-state index >= 15 is 0 Å². The molecule has 15 heavy (non-hydrogen) atoms. The van der Waals surface area contributed by atoms with Gasteiger partial charge in [-0.05, 0) is 12.3 Å². The Morgan fingerprint density at radius 3 is 2.33 bits per heavy atom. The van der Waals surface area contributed by atoms with Crippen molar-refractivity contribution >= 4 is 10.8 Å². The van der Waals surface area contributed by atoms with E-state index in [-0.39, 0.29) is 0 Å². The molecule has 4 heteroatoms. The van der Waals surface area contributed by atoms with Gasteiger partial charge in [0.1, 0.15) is 0 Å². The molecule has 92 valence electrons. The molecule has 2 unspecified atom stereocenters. The van der Waals surface area contributed by atoms with E-state index in [2.05, 4.69) is 19.2 Å². The summed E-state index contributed by atoms with van der Waals surface area (Å²) in [7, 11) is -0.875. The summed E-state index contributed by atoms with van der Waals surface area (Å²) in [5, 5.41) is 12.7. The minimum absolute atomic E-state index is 0.365. The van der Waals surface area contributed by atoms with Crippen LogP contribution in [0.3, 0.4) is 0 Å². The Morgan fingerprint density at radius 2 is 1.87 bits per heavy atom. The quantitative estimate of drug-likeness (QED) is 0.663. The lowest BCUT2D eigenvalue weighted by Crippen LogP contribution is -2.35. The molecular formula is C11H25NO2S. The van der Waals surface area contributed by atoms with Gasteiger partial charge >= 0.3 is 0 Å². The van der Waals surface area contributed by atoms with E-state index in [1.54, 1.807) is 0 Å². The molecule has 0 heterocycles. The molecule has 0 saturated carbocycles. The van der Waals surface area contributed by atoms with Gasteiger partial charge in [0.2, 0.25) is 0 Å². The summed E-state index contributed by atoms with van der Waals surface area (Å²) in [6, 6.07) is 0.365. The summed E-state index contributed by atoms with van der Waals surface area (Å²) in [6.45, 7) is 8.83. The number of nitrogens with one attached hydrogen (secondary N) is 1. The topological polar surface area (TPSA) is 49.3 Å². The lowest BCUT2D eigenvalue weighted by molar-refractivity contribution is 0.191. The Labute approximate surface area is 96.1 Å². The third-order valence-electron chi connectivity index (χ3n) is 2.06. The molecule has 0 aromatic heterocycles. The molecular weight excluding hydrogens is 210 g/mol. The summed E-state index contributed by atoms with van der Waals surface area (Å²) in [4.78, 5) is 0. The number of rotatable bonds is 8. The lowest BCUT2D eigenvalue weighted by Gasteiger charge is -2.14. The first-order valence-electron chi connectivity index (χ1n) is 5.68. The fourth-order valence-electron chi connectivity index (χ4n) is 1.10. The van der Waals surface area contributed by atoms with Crippen LogP contribution in [0.15, 0.2) is 0 Å². The van der Waals surface area contributed by atoms with Gasteiger partial charge in [-0.3, -0.25) is 4.21 Å². The summed E-state index contributed by atoms with van der Waals surface area (Å²) in [5.74, 6) is 1.68. The van der Waals surface area contributed by atoms with E-state index in [4.69, 9.17) is 0 Å². The van der Waals surface area contributed by atoms with Crippen LogP contribution in [-0.4, -0.2) is 39.5 Å². The summed E-state index contributed by atoms with van der Waals surface area (Å²) in [5.41, 5.74) is 0. The third kappa shape index (κ3) is 10.4. The van der Waals surface area contributed by atoms with Crippen LogP contribution in [0.4, 0.5) is 0 Å². The van der Waals surface area contributed by atoms with Crippen molar-refractivity contribution in [3.63, 3.8) is 0 Å². The van der Waals surface area contributed by atoms with E-state index < -0.39 is 16.9 Å². The molecule has 0 aliphatic carbocycles. The van der Waals surface area contributed by atoms with Crippen LogP contribution in [-0.2, 0) is 10.8 Å². The first-order chi connectivity index (χ1) is 6.91. The predicted octanol–water partition coefficient (Wildman–Crippen LogP) is 1.14. The van der Waals surface area contributed by atoms with Crippen molar-refractivity contribution in [3.05, 3.63) is 0 Å². The average Bonchev–Trinajstić information content (AvgIpc) is 2.11. The van der Waals surface area contributed by atoms with Gasteiger partial charge in [-0.15, -0.1) is 0 Å². The molecule has 0 spiro atoms. The van der Waals surface area contributed by atoms with Crippen molar-refractivity contribution in [1.29, 1.82) is 0 Å². The maximum absolute atomic E-state index is 11.5. The summed E-state index contributed by atoms with van der Waals surface area (Å²) < 4.78 is 11.5. The Kier molecular flexibility index (Phi) is 8.29. The number of hydrogen-bond acceptors (Lipinski definition) is 3. The SMILES string of the molecule is CC(C)CCS(=O)CC(O)CNC(C)C. The predicted molar refractivity (Wildman–Crippen MR) is 66.5 cm³/mol. The van der Waals surface area contributed by atoms with Gasteiger partial charge in [-0.2, -0.15) is 0 Å². The van der Waals surface area contributed by atoms with Gasteiger partial charge in [0.05, 0.1) is 11.9 Å². The van der Waals surface area contributed by atoms with Crippen molar-refractivity contribution < 1.29 is 9.32 Å². The number of hydrogen-bond donors (Lipinski definition) is 2. The third-order valence-corrected chi connectivity index (χ3v) is 3.51. The van der Waals surface area contributed by atoms with E-state index in [9.17, 15) is 9.32 Å². The van der Waals surface area contributed by atoms with Gasteiger partial charge < -0.3 is 10.4 Å². The van der Waals surface area contributed by atoms with Crippen LogP contribution in [0.25, 0.3) is 0 Å². The normalized spacial score (nSPS) is 15.9. The molecule has 0 fully saturated rings. The molecule has 2 atom stereocenters. The second-order valence-electron chi connectivity index (χ2n) is 4.71. The monoisotopic (exact) mass is 235 g/mol. The Morgan fingerprint density at radius 1 is 1.27 bits per heavy atom. The first kappa shape index (κ1) is 15.1. The largest absolute Gasteiger partial charge is 0.391 e. The minimum Gasteiger partial charge on any atom is -0.391 e. The van der Waals surface area contributed by atoms with Gasteiger partial charge in [0.25, 0.3) is 0 Å². The zero-order chi connectivity index (χ0) is 11.8. The zero-order valence-electron chi connectivity index (χ0n) is 10.3. The molecule has 0 saturated heterocycles. The van der Waals surface area contributed by atoms with Gasteiger partial charge in [0.15, 0.2) is 0 Å². The lowest BCUT2D eigenvalue weighted by atomic mass is 10.2. The minimum atomic E-state index is -0.875. The number of aliphatic hydroxyl groups is 1. The molecule has 0 aliphatic rings. The van der Waals surface area contributed by atoms with Crippen LogP contribution in [0, 0.1) is 5.92 Å². The van der Waals surface area contributed by atoms with Gasteiger partial charge in [0, 0.05) is 29.1 Å². The Bertz CT molecular complexity index is 183. The van der Waals surface area contributed by atoms with Crippen molar-refractivity contribution in [2.24, 2.45) is 5.92 Å². The Balaban J connectivity index is 3.57. The maximum Gasteiger partial charge on any atom is 0.0779 e. The second kappa shape index (κ2) is 8.25. The van der Waals surface area contributed by atoms with Gasteiger partial charge in [-0.1, -0.05) is 27.7 Å². The van der Waals surface area contributed by atoms with E-state index in [1.807, 2.05) is 13.8 Å². The van der Waals surface area contributed by atoms with Crippen LogP contribution >= 0.6 is 0 Å². The maximum atomic E-state index is 11.5. The molecule has 0 aromatic rings. The smallest absolute Gasteiger partial charge is 0.0779 e. The highest BCUT2D eigenvalue weighted by Gasteiger charge is 2.10. The van der Waals surface area contributed by atoms with Crippen LogP contribution in [0.2, 0.25) is 0 Å². The molecule has 2 N–H and O–H groups in total. The summed E-state index contributed by atoms with van der Waals surface area (Å²) in [6.07, 6.45) is 0.483. The van der Waals surface area contributed by atoms with E-state index in [0.717, 1.165) is 6.42 Å². The van der Waals surface area contributed by atoms with E-state index in [0.29, 0.717) is 30.0 Å².